The molecule has 2 aromatic carbocycles. The SMILES string of the molecule is NC(=O)CN[C@H](c1ccccc1)c1ccc(OC(F)F)cc1. The molecule has 0 aromatic heterocycles. The van der Waals surface area contributed by atoms with Gasteiger partial charge in [-0.2, -0.15) is 8.78 Å². The number of hydrogen-bond acceptors (Lipinski definition) is 3. The molecule has 0 spiro atoms. The number of rotatable bonds is 7. The highest BCUT2D eigenvalue weighted by Gasteiger charge is 2.14. The fourth-order valence-electron chi connectivity index (χ4n) is 2.12. The average molecular weight is 306 g/mol. The van der Waals surface area contributed by atoms with Crippen molar-refractivity contribution in [3.05, 3.63) is 65.7 Å². The van der Waals surface area contributed by atoms with E-state index in [0.717, 1.165) is 11.1 Å². The molecule has 116 valence electrons. The van der Waals surface area contributed by atoms with Crippen LogP contribution in [-0.2, 0) is 4.79 Å². The first kappa shape index (κ1) is 15.9. The van der Waals surface area contributed by atoms with Gasteiger partial charge in [0.25, 0.3) is 0 Å². The average Bonchev–Trinajstić information content (AvgIpc) is 2.49. The lowest BCUT2D eigenvalue weighted by molar-refractivity contribution is -0.117. The van der Waals surface area contributed by atoms with Gasteiger partial charge in [-0.15, -0.1) is 0 Å². The smallest absolute Gasteiger partial charge is 0.387 e. The Bertz CT molecular complexity index is 603. The van der Waals surface area contributed by atoms with Crippen molar-refractivity contribution in [2.24, 2.45) is 5.73 Å². The van der Waals surface area contributed by atoms with Gasteiger partial charge >= 0.3 is 6.61 Å². The molecule has 0 radical (unpaired) electrons. The molecule has 22 heavy (non-hydrogen) atoms. The summed E-state index contributed by atoms with van der Waals surface area (Å²) in [6.07, 6.45) is 0. The second-order valence-electron chi connectivity index (χ2n) is 4.64. The third-order valence-electron chi connectivity index (χ3n) is 3.05. The predicted molar refractivity (Wildman–Crippen MR) is 78.6 cm³/mol. The van der Waals surface area contributed by atoms with Crippen molar-refractivity contribution in [1.29, 1.82) is 0 Å². The van der Waals surface area contributed by atoms with Crippen LogP contribution in [-0.4, -0.2) is 19.1 Å². The van der Waals surface area contributed by atoms with Crippen LogP contribution >= 0.6 is 0 Å². The van der Waals surface area contributed by atoms with Gasteiger partial charge in [0.05, 0.1) is 12.6 Å². The number of nitrogens with two attached hydrogens (primary N) is 1. The van der Waals surface area contributed by atoms with Crippen LogP contribution in [0.25, 0.3) is 0 Å². The second kappa shape index (κ2) is 7.51. The predicted octanol–water partition coefficient (Wildman–Crippen LogP) is 2.45. The molecule has 0 saturated carbocycles. The lowest BCUT2D eigenvalue weighted by Gasteiger charge is -2.19. The van der Waals surface area contributed by atoms with E-state index in [9.17, 15) is 13.6 Å². The molecule has 0 aliphatic carbocycles. The monoisotopic (exact) mass is 306 g/mol. The summed E-state index contributed by atoms with van der Waals surface area (Å²) in [5, 5.41) is 3.05. The number of amides is 1. The van der Waals surface area contributed by atoms with E-state index >= 15 is 0 Å². The number of primary amides is 1. The topological polar surface area (TPSA) is 64.4 Å². The van der Waals surface area contributed by atoms with Gasteiger partial charge < -0.3 is 10.5 Å². The summed E-state index contributed by atoms with van der Waals surface area (Å²) in [5.41, 5.74) is 6.92. The Kier molecular flexibility index (Phi) is 5.43. The second-order valence-corrected chi connectivity index (χ2v) is 4.64. The van der Waals surface area contributed by atoms with E-state index in [1.54, 1.807) is 12.1 Å². The zero-order valence-electron chi connectivity index (χ0n) is 11.7. The largest absolute Gasteiger partial charge is 0.435 e. The highest BCUT2D eigenvalue weighted by molar-refractivity contribution is 5.76. The minimum atomic E-state index is -2.86. The first-order valence-corrected chi connectivity index (χ1v) is 6.67. The number of carbonyl (C=O) groups excluding carboxylic acids is 1. The van der Waals surface area contributed by atoms with Crippen LogP contribution in [0.4, 0.5) is 8.78 Å². The summed E-state index contributed by atoms with van der Waals surface area (Å²) < 4.78 is 28.7. The molecular formula is C16H16F2N2O2. The van der Waals surface area contributed by atoms with Gasteiger partial charge in [0.15, 0.2) is 0 Å². The molecular weight excluding hydrogens is 290 g/mol. The summed E-state index contributed by atoms with van der Waals surface area (Å²) in [7, 11) is 0. The molecule has 0 fully saturated rings. The summed E-state index contributed by atoms with van der Waals surface area (Å²) in [5.74, 6) is -0.390. The van der Waals surface area contributed by atoms with Crippen LogP contribution in [0.2, 0.25) is 0 Å². The molecule has 1 atom stereocenters. The van der Waals surface area contributed by atoms with Gasteiger partial charge in [0, 0.05) is 0 Å². The van der Waals surface area contributed by atoms with E-state index < -0.39 is 12.5 Å². The maximum Gasteiger partial charge on any atom is 0.387 e. The number of benzene rings is 2. The molecule has 0 unspecified atom stereocenters. The van der Waals surface area contributed by atoms with Crippen molar-refractivity contribution in [1.82, 2.24) is 5.32 Å². The Morgan fingerprint density at radius 2 is 1.64 bits per heavy atom. The minimum Gasteiger partial charge on any atom is -0.435 e. The Balaban J connectivity index is 2.22. The normalized spacial score (nSPS) is 12.1. The zero-order valence-corrected chi connectivity index (χ0v) is 11.7. The van der Waals surface area contributed by atoms with Gasteiger partial charge in [-0.3, -0.25) is 10.1 Å². The highest BCUT2D eigenvalue weighted by atomic mass is 19.3. The van der Waals surface area contributed by atoms with Gasteiger partial charge in [0.2, 0.25) is 5.91 Å². The molecule has 0 aliphatic rings. The standard InChI is InChI=1S/C16H16F2N2O2/c17-16(18)22-13-8-6-12(7-9-13)15(20-10-14(19)21)11-4-2-1-3-5-11/h1-9,15-16,20H,10H2,(H2,19,21)/t15-/m1/s1. The van der Waals surface area contributed by atoms with E-state index in [1.165, 1.54) is 12.1 Å². The van der Waals surface area contributed by atoms with Crippen molar-refractivity contribution in [2.45, 2.75) is 12.7 Å². The van der Waals surface area contributed by atoms with Crippen LogP contribution in [0, 0.1) is 0 Å². The fraction of sp³-hybridized carbons (Fsp3) is 0.188. The Morgan fingerprint density at radius 1 is 1.05 bits per heavy atom. The van der Waals surface area contributed by atoms with Gasteiger partial charge in [0.1, 0.15) is 5.75 Å². The van der Waals surface area contributed by atoms with E-state index in [0.29, 0.717) is 0 Å². The van der Waals surface area contributed by atoms with Crippen molar-refractivity contribution in [2.75, 3.05) is 6.54 Å². The molecule has 3 N–H and O–H groups in total. The minimum absolute atomic E-state index is 0.00878. The zero-order chi connectivity index (χ0) is 15.9. The number of nitrogens with one attached hydrogen (secondary N) is 1. The van der Waals surface area contributed by atoms with E-state index in [4.69, 9.17) is 5.73 Å². The number of halogens is 2. The Labute approximate surface area is 126 Å². The molecule has 6 heteroatoms. The molecule has 1 amide bonds. The summed E-state index contributed by atoms with van der Waals surface area (Å²) >= 11 is 0. The van der Waals surface area contributed by atoms with E-state index in [2.05, 4.69) is 10.1 Å². The van der Waals surface area contributed by atoms with Crippen LogP contribution in [0.1, 0.15) is 17.2 Å². The fourth-order valence-corrected chi connectivity index (χ4v) is 2.12. The quantitative estimate of drug-likeness (QED) is 0.826. The maximum atomic E-state index is 12.2. The molecule has 0 heterocycles. The van der Waals surface area contributed by atoms with Crippen LogP contribution in [0.3, 0.4) is 0 Å². The summed E-state index contributed by atoms with van der Waals surface area (Å²) in [4.78, 5) is 11.0. The Morgan fingerprint density at radius 3 is 2.18 bits per heavy atom. The maximum absolute atomic E-state index is 12.2. The molecule has 2 aromatic rings. The van der Waals surface area contributed by atoms with Gasteiger partial charge in [-0.25, -0.2) is 0 Å². The first-order chi connectivity index (χ1) is 10.6. The van der Waals surface area contributed by atoms with Crippen LogP contribution in [0.15, 0.2) is 54.6 Å². The van der Waals surface area contributed by atoms with Crippen LogP contribution in [0.5, 0.6) is 5.75 Å². The number of carbonyl (C=O) groups is 1. The third kappa shape index (κ3) is 4.53. The molecule has 4 nitrogen and oxygen atoms in total. The highest BCUT2D eigenvalue weighted by Crippen LogP contribution is 2.24. The molecule has 0 bridgehead atoms. The van der Waals surface area contributed by atoms with Crippen molar-refractivity contribution in [3.8, 4) is 5.75 Å². The first-order valence-electron chi connectivity index (χ1n) is 6.67. The summed E-state index contributed by atoms with van der Waals surface area (Å²) in [6, 6.07) is 15.4. The Hall–Kier alpha value is -2.47. The summed E-state index contributed by atoms with van der Waals surface area (Å²) in [6.45, 7) is -2.85. The number of alkyl halides is 2. The van der Waals surface area contributed by atoms with E-state index in [1.807, 2.05) is 30.3 Å². The van der Waals surface area contributed by atoms with Gasteiger partial charge in [-0.1, -0.05) is 42.5 Å². The van der Waals surface area contributed by atoms with Crippen LogP contribution < -0.4 is 15.8 Å². The third-order valence-corrected chi connectivity index (χ3v) is 3.05. The van der Waals surface area contributed by atoms with Crippen molar-refractivity contribution in [3.63, 3.8) is 0 Å². The lowest BCUT2D eigenvalue weighted by Crippen LogP contribution is -2.32. The molecule has 2 rings (SSSR count). The van der Waals surface area contributed by atoms with Crippen molar-refractivity contribution >= 4 is 5.91 Å². The number of ether oxygens (including phenoxy) is 1. The molecule has 0 saturated heterocycles. The number of hydrogen-bond donors (Lipinski definition) is 2. The lowest BCUT2D eigenvalue weighted by atomic mass is 9.98. The van der Waals surface area contributed by atoms with Crippen molar-refractivity contribution < 1.29 is 18.3 Å². The van der Waals surface area contributed by atoms with E-state index in [-0.39, 0.29) is 18.3 Å². The van der Waals surface area contributed by atoms with Gasteiger partial charge in [-0.05, 0) is 23.3 Å². The molecule has 0 aliphatic heterocycles.